The van der Waals surface area contributed by atoms with Crippen molar-refractivity contribution in [1.82, 2.24) is 9.80 Å². The number of hydrogen-bond donors (Lipinski definition) is 0. The predicted molar refractivity (Wildman–Crippen MR) is 69.8 cm³/mol. The van der Waals surface area contributed by atoms with E-state index in [1.54, 1.807) is 0 Å². The van der Waals surface area contributed by atoms with Gasteiger partial charge in [0.05, 0.1) is 6.04 Å². The number of amides is 3. The molecule has 6 heteroatoms. The molecule has 2 aliphatic heterocycles. The first-order valence-electron chi connectivity index (χ1n) is 7.44. The number of ether oxygens (including phenoxy) is 1. The maximum absolute atomic E-state index is 12.4. The number of imide groups is 1. The van der Waals surface area contributed by atoms with Crippen LogP contribution < -0.4 is 0 Å². The summed E-state index contributed by atoms with van der Waals surface area (Å²) in [6, 6.07) is -0.204. The normalized spacial score (nSPS) is 28.1. The van der Waals surface area contributed by atoms with E-state index in [1.807, 2.05) is 4.90 Å². The number of likely N-dealkylation sites (tertiary alicyclic amines) is 1. The lowest BCUT2D eigenvalue weighted by Crippen LogP contribution is -2.43. The zero-order valence-electron chi connectivity index (χ0n) is 11.5. The van der Waals surface area contributed by atoms with E-state index in [2.05, 4.69) is 0 Å². The van der Waals surface area contributed by atoms with Crippen LogP contribution >= 0.6 is 0 Å². The molecule has 0 radical (unpaired) electrons. The summed E-state index contributed by atoms with van der Waals surface area (Å²) in [5.41, 5.74) is 0. The summed E-state index contributed by atoms with van der Waals surface area (Å²) in [7, 11) is 0. The number of rotatable bonds is 2. The van der Waals surface area contributed by atoms with Crippen molar-refractivity contribution in [2.75, 3.05) is 19.7 Å². The van der Waals surface area contributed by atoms with Gasteiger partial charge in [-0.25, -0.2) is 9.69 Å². The van der Waals surface area contributed by atoms with Crippen molar-refractivity contribution in [3.05, 3.63) is 0 Å². The van der Waals surface area contributed by atoms with Crippen LogP contribution in [0.2, 0.25) is 0 Å². The number of carbonyl (C=O) groups is 3. The molecule has 0 aromatic rings. The lowest BCUT2D eigenvalue weighted by molar-refractivity contribution is -0.136. The second-order valence-corrected chi connectivity index (χ2v) is 5.88. The molecule has 1 unspecified atom stereocenters. The lowest BCUT2D eigenvalue weighted by Gasteiger charge is -2.26. The van der Waals surface area contributed by atoms with Crippen LogP contribution in [-0.4, -0.2) is 53.4 Å². The van der Waals surface area contributed by atoms with Gasteiger partial charge in [-0.05, 0) is 19.3 Å². The third-order valence-electron chi connectivity index (χ3n) is 4.58. The first kappa shape index (κ1) is 13.4. The monoisotopic (exact) mass is 280 g/mol. The third kappa shape index (κ3) is 2.39. The van der Waals surface area contributed by atoms with Crippen molar-refractivity contribution < 1.29 is 19.1 Å². The second kappa shape index (κ2) is 5.42. The molecule has 2 saturated heterocycles. The summed E-state index contributed by atoms with van der Waals surface area (Å²) in [4.78, 5) is 38.6. The molecule has 6 nitrogen and oxygen atoms in total. The Bertz CT molecular complexity index is 415. The van der Waals surface area contributed by atoms with Gasteiger partial charge in [-0.15, -0.1) is 0 Å². The summed E-state index contributed by atoms with van der Waals surface area (Å²) in [6.07, 6.45) is 5.54. The van der Waals surface area contributed by atoms with Crippen LogP contribution in [0.4, 0.5) is 4.79 Å². The van der Waals surface area contributed by atoms with Crippen LogP contribution in [0.15, 0.2) is 0 Å². The van der Waals surface area contributed by atoms with Crippen molar-refractivity contribution in [3.63, 3.8) is 0 Å². The molecule has 20 heavy (non-hydrogen) atoms. The molecule has 3 fully saturated rings. The van der Waals surface area contributed by atoms with Gasteiger partial charge in [0.15, 0.2) is 6.61 Å². The van der Waals surface area contributed by atoms with E-state index in [0.29, 0.717) is 19.5 Å². The van der Waals surface area contributed by atoms with E-state index in [1.165, 1.54) is 11.3 Å². The molecule has 0 spiro atoms. The molecule has 0 N–H and O–H groups in total. The Morgan fingerprint density at radius 3 is 2.50 bits per heavy atom. The highest BCUT2D eigenvalue weighted by molar-refractivity contribution is 5.98. The molecule has 0 aromatic carbocycles. The lowest BCUT2D eigenvalue weighted by atomic mass is 9.88. The SMILES string of the molecule is O=C(C1CCCCC1)N1CCC(N2C(=O)COC2=O)C1. The van der Waals surface area contributed by atoms with E-state index < -0.39 is 6.09 Å². The summed E-state index contributed by atoms with van der Waals surface area (Å²) in [6.45, 7) is 0.944. The Morgan fingerprint density at radius 2 is 1.85 bits per heavy atom. The van der Waals surface area contributed by atoms with E-state index in [0.717, 1.165) is 25.7 Å². The molecule has 1 saturated carbocycles. The fourth-order valence-corrected chi connectivity index (χ4v) is 3.48. The first-order valence-corrected chi connectivity index (χ1v) is 7.44. The zero-order valence-corrected chi connectivity index (χ0v) is 11.5. The standard InChI is InChI=1S/C14H20N2O4/c17-12-9-20-14(19)16(12)11-6-7-15(8-11)13(18)10-4-2-1-3-5-10/h10-11H,1-9H2. The van der Waals surface area contributed by atoms with E-state index >= 15 is 0 Å². The second-order valence-electron chi connectivity index (χ2n) is 5.88. The Kier molecular flexibility index (Phi) is 3.63. The zero-order chi connectivity index (χ0) is 14.1. The average Bonchev–Trinajstić information content (AvgIpc) is 3.06. The van der Waals surface area contributed by atoms with Gasteiger partial charge >= 0.3 is 6.09 Å². The van der Waals surface area contributed by atoms with Crippen LogP contribution in [0.5, 0.6) is 0 Å². The highest BCUT2D eigenvalue weighted by Gasteiger charge is 2.42. The molecular weight excluding hydrogens is 260 g/mol. The van der Waals surface area contributed by atoms with Gasteiger partial charge in [-0.1, -0.05) is 19.3 Å². The van der Waals surface area contributed by atoms with Crippen LogP contribution in [0.1, 0.15) is 38.5 Å². The Hall–Kier alpha value is -1.59. The van der Waals surface area contributed by atoms with Gasteiger partial charge in [-0.2, -0.15) is 0 Å². The topological polar surface area (TPSA) is 66.9 Å². The van der Waals surface area contributed by atoms with E-state index in [4.69, 9.17) is 4.74 Å². The van der Waals surface area contributed by atoms with Crippen LogP contribution in [0.25, 0.3) is 0 Å². The summed E-state index contributed by atoms with van der Waals surface area (Å²) in [5.74, 6) is 0.0582. The van der Waals surface area contributed by atoms with Crippen molar-refractivity contribution in [3.8, 4) is 0 Å². The largest absolute Gasteiger partial charge is 0.439 e. The Balaban J connectivity index is 1.60. The maximum atomic E-state index is 12.4. The Morgan fingerprint density at radius 1 is 1.10 bits per heavy atom. The minimum absolute atomic E-state index is 0.142. The smallest absolute Gasteiger partial charge is 0.417 e. The van der Waals surface area contributed by atoms with Crippen LogP contribution in [0, 0.1) is 5.92 Å². The molecule has 110 valence electrons. The molecule has 1 atom stereocenters. The predicted octanol–water partition coefficient (Wildman–Crippen LogP) is 1.15. The summed E-state index contributed by atoms with van der Waals surface area (Å²) in [5, 5.41) is 0. The van der Waals surface area contributed by atoms with Crippen molar-refractivity contribution in [1.29, 1.82) is 0 Å². The number of nitrogens with zero attached hydrogens (tertiary/aromatic N) is 2. The first-order chi connectivity index (χ1) is 9.66. The highest BCUT2D eigenvalue weighted by Crippen LogP contribution is 2.28. The minimum Gasteiger partial charge on any atom is -0.439 e. The van der Waals surface area contributed by atoms with Crippen LogP contribution in [-0.2, 0) is 14.3 Å². The number of cyclic esters (lactones) is 1. The third-order valence-corrected chi connectivity index (χ3v) is 4.58. The van der Waals surface area contributed by atoms with E-state index in [9.17, 15) is 14.4 Å². The number of hydrogen-bond acceptors (Lipinski definition) is 4. The van der Waals surface area contributed by atoms with Gasteiger partial charge in [-0.3, -0.25) is 9.59 Å². The molecule has 1 aliphatic carbocycles. The van der Waals surface area contributed by atoms with Crippen molar-refractivity contribution in [2.45, 2.75) is 44.6 Å². The minimum atomic E-state index is -0.563. The number of carbonyl (C=O) groups excluding carboxylic acids is 3. The molecule has 2 heterocycles. The molecule has 3 amide bonds. The molecule has 0 aromatic heterocycles. The van der Waals surface area contributed by atoms with Gasteiger partial charge in [0.25, 0.3) is 5.91 Å². The van der Waals surface area contributed by atoms with Crippen molar-refractivity contribution in [2.24, 2.45) is 5.92 Å². The quantitative estimate of drug-likeness (QED) is 0.761. The molecule has 0 bridgehead atoms. The van der Waals surface area contributed by atoms with Crippen LogP contribution in [0.3, 0.4) is 0 Å². The van der Waals surface area contributed by atoms with Gasteiger partial charge in [0, 0.05) is 19.0 Å². The molecule has 3 rings (SSSR count). The van der Waals surface area contributed by atoms with E-state index in [-0.39, 0.29) is 30.4 Å². The molecular formula is C14H20N2O4. The maximum Gasteiger partial charge on any atom is 0.417 e. The summed E-state index contributed by atoms with van der Waals surface area (Å²) >= 11 is 0. The average molecular weight is 280 g/mol. The van der Waals surface area contributed by atoms with Gasteiger partial charge in [0.1, 0.15) is 0 Å². The summed E-state index contributed by atoms with van der Waals surface area (Å²) < 4.78 is 4.74. The van der Waals surface area contributed by atoms with Gasteiger partial charge in [0.2, 0.25) is 5.91 Å². The fourth-order valence-electron chi connectivity index (χ4n) is 3.48. The van der Waals surface area contributed by atoms with Crippen molar-refractivity contribution >= 4 is 17.9 Å². The fraction of sp³-hybridized carbons (Fsp3) is 0.786. The Labute approximate surface area is 118 Å². The van der Waals surface area contributed by atoms with Gasteiger partial charge < -0.3 is 9.64 Å². The molecule has 3 aliphatic rings. The highest BCUT2D eigenvalue weighted by atomic mass is 16.6.